The van der Waals surface area contributed by atoms with Crippen molar-refractivity contribution in [3.63, 3.8) is 0 Å². The summed E-state index contributed by atoms with van der Waals surface area (Å²) in [7, 11) is 0. The van der Waals surface area contributed by atoms with Crippen molar-refractivity contribution < 1.29 is 23.4 Å². The van der Waals surface area contributed by atoms with Gasteiger partial charge in [0.25, 0.3) is 5.92 Å². The summed E-state index contributed by atoms with van der Waals surface area (Å²) >= 11 is 0. The summed E-state index contributed by atoms with van der Waals surface area (Å²) in [4.78, 5) is 23.0. The predicted molar refractivity (Wildman–Crippen MR) is 140 cm³/mol. The minimum atomic E-state index is -2.84. The van der Waals surface area contributed by atoms with Gasteiger partial charge in [0.05, 0.1) is 18.4 Å². The van der Waals surface area contributed by atoms with E-state index in [0.717, 1.165) is 50.2 Å². The smallest absolute Gasteiger partial charge is 0.325 e. The number of likely N-dealkylation sites (tertiary alicyclic amines) is 1. The Bertz CT molecular complexity index is 1110. The van der Waals surface area contributed by atoms with Gasteiger partial charge in [-0.2, -0.15) is 0 Å². The molecule has 2 N–H and O–H groups in total. The quantitative estimate of drug-likeness (QED) is 0.357. The van der Waals surface area contributed by atoms with E-state index in [2.05, 4.69) is 21.4 Å². The van der Waals surface area contributed by atoms with Crippen molar-refractivity contribution in [2.24, 2.45) is 5.92 Å². The van der Waals surface area contributed by atoms with Crippen LogP contribution < -0.4 is 5.32 Å². The molecule has 1 saturated carbocycles. The molecular weight excluding hydrogens is 490 g/mol. The fraction of sp³-hybridized carbons (Fsp3) is 0.621. The van der Waals surface area contributed by atoms with Gasteiger partial charge in [0, 0.05) is 42.9 Å². The Balaban J connectivity index is 1.15. The summed E-state index contributed by atoms with van der Waals surface area (Å²) in [6.07, 6.45) is 8.93. The third-order valence-corrected chi connectivity index (χ3v) is 8.29. The molecule has 7 nitrogen and oxygen atoms in total. The van der Waals surface area contributed by atoms with Gasteiger partial charge in [-0.05, 0) is 82.0 Å². The van der Waals surface area contributed by atoms with Crippen LogP contribution in [0.15, 0.2) is 30.5 Å². The summed E-state index contributed by atoms with van der Waals surface area (Å²) < 4.78 is 36.3. The first-order chi connectivity index (χ1) is 18.4. The van der Waals surface area contributed by atoms with Crippen LogP contribution in [0.5, 0.6) is 0 Å². The van der Waals surface area contributed by atoms with Gasteiger partial charge >= 0.3 is 5.97 Å². The van der Waals surface area contributed by atoms with Crippen molar-refractivity contribution in [2.75, 3.05) is 25.0 Å². The number of halogens is 2. The maximum atomic E-state index is 15.2. The van der Waals surface area contributed by atoms with E-state index < -0.39 is 23.9 Å². The molecule has 38 heavy (non-hydrogen) atoms. The van der Waals surface area contributed by atoms with E-state index in [-0.39, 0.29) is 32.1 Å². The number of pyridine rings is 2. The number of fused-ring (bicyclic) bond motifs is 1. The van der Waals surface area contributed by atoms with Gasteiger partial charge in [-0.25, -0.2) is 13.8 Å². The number of carboxylic acids is 1. The first kappa shape index (κ1) is 26.9. The van der Waals surface area contributed by atoms with Crippen molar-refractivity contribution in [2.45, 2.75) is 88.9 Å². The van der Waals surface area contributed by atoms with Crippen molar-refractivity contribution in [1.82, 2.24) is 14.9 Å². The van der Waals surface area contributed by atoms with Crippen molar-refractivity contribution in [1.29, 1.82) is 0 Å². The SMILES string of the molecule is O=C(O)C(c1cccnc1COC1CCC1)N1CCC(C(F)(F)CCCCc2ccc3c(n2)NCCC3)C1. The summed E-state index contributed by atoms with van der Waals surface area (Å²) in [6, 6.07) is 6.54. The highest BCUT2D eigenvalue weighted by molar-refractivity contribution is 5.76. The van der Waals surface area contributed by atoms with Gasteiger partial charge in [0.2, 0.25) is 0 Å². The van der Waals surface area contributed by atoms with Gasteiger partial charge in [-0.3, -0.25) is 14.7 Å². The number of alkyl halides is 2. The summed E-state index contributed by atoms with van der Waals surface area (Å²) in [6.45, 7) is 1.54. The van der Waals surface area contributed by atoms with E-state index >= 15 is 8.78 Å². The summed E-state index contributed by atoms with van der Waals surface area (Å²) in [5.41, 5.74) is 3.27. The number of unbranched alkanes of at least 4 members (excludes halogenated alkanes) is 1. The molecule has 3 aliphatic rings. The van der Waals surface area contributed by atoms with Gasteiger partial charge in [0.15, 0.2) is 0 Å². The summed E-state index contributed by atoms with van der Waals surface area (Å²) in [5, 5.41) is 13.4. The Kier molecular flexibility index (Phi) is 8.53. The number of rotatable bonds is 12. The third-order valence-electron chi connectivity index (χ3n) is 8.29. The Hall–Kier alpha value is -2.65. The molecule has 0 aromatic carbocycles. The van der Waals surface area contributed by atoms with Crippen molar-refractivity contribution >= 4 is 11.8 Å². The molecule has 2 atom stereocenters. The monoisotopic (exact) mass is 528 g/mol. The molecule has 0 spiro atoms. The Morgan fingerprint density at radius 3 is 2.87 bits per heavy atom. The maximum Gasteiger partial charge on any atom is 0.325 e. The van der Waals surface area contributed by atoms with Gasteiger partial charge in [0.1, 0.15) is 11.9 Å². The van der Waals surface area contributed by atoms with Crippen LogP contribution in [-0.4, -0.2) is 57.6 Å². The van der Waals surface area contributed by atoms with E-state index in [1.807, 2.05) is 6.07 Å². The van der Waals surface area contributed by atoms with Crippen LogP contribution in [0.4, 0.5) is 14.6 Å². The number of carbonyl (C=O) groups is 1. The standard InChI is InChI=1S/C29H38F2N4O3/c30-29(31,14-2-1-7-22-12-11-20-6-4-16-33-27(20)34-22)21-13-17-35(18-21)26(28(36)37)24-10-5-15-32-25(24)19-38-23-8-3-9-23/h5,10-12,15,21,23,26H,1-4,6-9,13-14,16-19H2,(H,33,34)(H,36,37). The number of aromatic nitrogens is 2. The highest BCUT2D eigenvalue weighted by Gasteiger charge is 2.45. The predicted octanol–water partition coefficient (Wildman–Crippen LogP) is 5.40. The number of hydrogen-bond donors (Lipinski definition) is 2. The molecule has 9 heteroatoms. The number of hydrogen-bond acceptors (Lipinski definition) is 6. The van der Waals surface area contributed by atoms with E-state index in [1.165, 1.54) is 5.56 Å². The fourth-order valence-corrected chi connectivity index (χ4v) is 5.79. The first-order valence-corrected chi connectivity index (χ1v) is 14.0. The second-order valence-electron chi connectivity index (χ2n) is 10.9. The Labute approximate surface area is 223 Å². The van der Waals surface area contributed by atoms with E-state index in [9.17, 15) is 9.90 Å². The van der Waals surface area contributed by atoms with Crippen LogP contribution in [0, 0.1) is 5.92 Å². The lowest BCUT2D eigenvalue weighted by Crippen LogP contribution is -2.36. The molecule has 2 aromatic heterocycles. The van der Waals surface area contributed by atoms with Gasteiger partial charge < -0.3 is 15.2 Å². The zero-order chi connectivity index (χ0) is 26.5. The van der Waals surface area contributed by atoms with Crippen LogP contribution in [0.1, 0.15) is 79.9 Å². The molecule has 5 rings (SSSR count). The van der Waals surface area contributed by atoms with E-state index in [1.54, 1.807) is 23.2 Å². The van der Waals surface area contributed by atoms with E-state index in [4.69, 9.17) is 4.74 Å². The molecule has 2 aliphatic heterocycles. The molecule has 0 radical (unpaired) electrons. The molecule has 0 amide bonds. The summed E-state index contributed by atoms with van der Waals surface area (Å²) in [5.74, 6) is -3.81. The van der Waals surface area contributed by atoms with Crippen LogP contribution in [0.25, 0.3) is 0 Å². The molecule has 2 aromatic rings. The lowest BCUT2D eigenvalue weighted by atomic mass is 9.95. The second kappa shape index (κ2) is 12.0. The number of nitrogens with one attached hydrogen (secondary N) is 1. The molecule has 2 fully saturated rings. The number of aryl methyl sites for hydroxylation is 2. The Morgan fingerprint density at radius 2 is 2.08 bits per heavy atom. The lowest BCUT2D eigenvalue weighted by molar-refractivity contribution is -0.143. The molecule has 206 valence electrons. The highest BCUT2D eigenvalue weighted by Crippen LogP contribution is 2.40. The van der Waals surface area contributed by atoms with Crippen molar-refractivity contribution in [3.8, 4) is 0 Å². The minimum Gasteiger partial charge on any atom is -0.480 e. The average molecular weight is 529 g/mol. The number of nitrogens with zero attached hydrogens (tertiary/aromatic N) is 3. The highest BCUT2D eigenvalue weighted by atomic mass is 19.3. The molecule has 4 heterocycles. The normalized spacial score (nSPS) is 20.9. The fourth-order valence-electron chi connectivity index (χ4n) is 5.79. The number of aliphatic carboxylic acids is 1. The van der Waals surface area contributed by atoms with Crippen LogP contribution >= 0.6 is 0 Å². The van der Waals surface area contributed by atoms with Gasteiger partial charge in [-0.15, -0.1) is 0 Å². The maximum absolute atomic E-state index is 15.2. The minimum absolute atomic E-state index is 0.0554. The third kappa shape index (κ3) is 6.31. The van der Waals surface area contributed by atoms with E-state index in [0.29, 0.717) is 37.1 Å². The Morgan fingerprint density at radius 1 is 1.21 bits per heavy atom. The number of carboxylic acid groups (broad SMARTS) is 1. The zero-order valence-corrected chi connectivity index (χ0v) is 21.9. The lowest BCUT2D eigenvalue weighted by Gasteiger charge is -2.29. The molecule has 1 saturated heterocycles. The van der Waals surface area contributed by atoms with Crippen LogP contribution in [0.2, 0.25) is 0 Å². The van der Waals surface area contributed by atoms with Crippen molar-refractivity contribution in [3.05, 3.63) is 53.0 Å². The number of ether oxygens (including phenoxy) is 1. The number of anilines is 1. The second-order valence-corrected chi connectivity index (χ2v) is 10.9. The largest absolute Gasteiger partial charge is 0.480 e. The zero-order valence-electron chi connectivity index (χ0n) is 21.9. The van der Waals surface area contributed by atoms with Gasteiger partial charge in [-0.1, -0.05) is 12.1 Å². The van der Waals surface area contributed by atoms with Crippen LogP contribution in [-0.2, 0) is 29.0 Å². The molecule has 0 bridgehead atoms. The molecular formula is C29H38F2N4O3. The molecule has 1 aliphatic carbocycles. The average Bonchev–Trinajstić information content (AvgIpc) is 3.37. The first-order valence-electron chi connectivity index (χ1n) is 14.0. The topological polar surface area (TPSA) is 87.6 Å². The van der Waals surface area contributed by atoms with Crippen LogP contribution in [0.3, 0.4) is 0 Å². The molecule has 2 unspecified atom stereocenters.